The number of aromatic nitrogens is 2. The first-order valence-corrected chi connectivity index (χ1v) is 8.43. The minimum Gasteiger partial charge on any atom is -0.366 e. The summed E-state index contributed by atoms with van der Waals surface area (Å²) in [5.74, 6) is 0.0766. The van der Waals surface area contributed by atoms with E-state index in [0.717, 1.165) is 36.4 Å². The first-order chi connectivity index (χ1) is 11.5. The van der Waals surface area contributed by atoms with Crippen LogP contribution in [-0.4, -0.2) is 35.0 Å². The molecule has 1 aliphatic rings. The Morgan fingerprint density at radius 2 is 1.79 bits per heavy atom. The van der Waals surface area contributed by atoms with Crippen LogP contribution in [0, 0.1) is 0 Å². The third-order valence-electron chi connectivity index (χ3n) is 3.80. The molecule has 24 heavy (non-hydrogen) atoms. The maximum Gasteiger partial charge on any atom is 0.317 e. The van der Waals surface area contributed by atoms with Crippen LogP contribution in [0.15, 0.2) is 18.5 Å². The van der Waals surface area contributed by atoms with Gasteiger partial charge in [-0.2, -0.15) is 0 Å². The summed E-state index contributed by atoms with van der Waals surface area (Å²) in [6.07, 6.45) is 6.97. The molecular formula is C15H18N6O2S. The number of primary amides is 2. The highest BCUT2D eigenvalue weighted by Crippen LogP contribution is 2.35. The molecule has 0 radical (unpaired) electrons. The molecule has 0 aliphatic carbocycles. The van der Waals surface area contributed by atoms with Crippen molar-refractivity contribution in [3.63, 3.8) is 0 Å². The number of hydrogen-bond donors (Lipinski definition) is 3. The fraction of sp³-hybridized carbons (Fsp3) is 0.333. The normalized spacial score (nSPS) is 14.4. The molecule has 2 aromatic heterocycles. The average molecular weight is 346 g/mol. The van der Waals surface area contributed by atoms with E-state index >= 15 is 0 Å². The van der Waals surface area contributed by atoms with Crippen LogP contribution in [0.25, 0.3) is 10.4 Å². The van der Waals surface area contributed by atoms with Crippen LogP contribution < -0.4 is 21.7 Å². The van der Waals surface area contributed by atoms with Crippen molar-refractivity contribution in [1.82, 2.24) is 9.97 Å². The average Bonchev–Trinajstić information content (AvgIpc) is 2.99. The van der Waals surface area contributed by atoms with Crippen LogP contribution in [0.2, 0.25) is 0 Å². The summed E-state index contributed by atoms with van der Waals surface area (Å²) in [7, 11) is 0. The second-order valence-corrected chi connectivity index (χ2v) is 6.58. The lowest BCUT2D eigenvalue weighted by atomic mass is 10.1. The van der Waals surface area contributed by atoms with Crippen molar-refractivity contribution in [2.45, 2.75) is 19.3 Å². The molecule has 0 bridgehead atoms. The Bertz CT molecular complexity index is 752. The highest BCUT2D eigenvalue weighted by Gasteiger charge is 2.17. The Hall–Kier alpha value is -2.68. The zero-order valence-electron chi connectivity index (χ0n) is 13.0. The molecule has 0 aromatic carbocycles. The van der Waals surface area contributed by atoms with Crippen molar-refractivity contribution in [3.8, 4) is 10.4 Å². The van der Waals surface area contributed by atoms with E-state index in [1.807, 2.05) is 0 Å². The molecule has 1 saturated heterocycles. The van der Waals surface area contributed by atoms with E-state index in [4.69, 9.17) is 11.5 Å². The minimum atomic E-state index is -0.748. The quantitative estimate of drug-likeness (QED) is 0.777. The summed E-state index contributed by atoms with van der Waals surface area (Å²) < 4.78 is 0. The third-order valence-corrected chi connectivity index (χ3v) is 4.90. The van der Waals surface area contributed by atoms with Gasteiger partial charge in [0.05, 0.1) is 5.56 Å². The lowest BCUT2D eigenvalue weighted by Gasteiger charge is -2.26. The molecule has 126 valence electrons. The van der Waals surface area contributed by atoms with Crippen LogP contribution in [0.3, 0.4) is 0 Å². The number of nitrogens with one attached hydrogen (secondary N) is 1. The lowest BCUT2D eigenvalue weighted by Crippen LogP contribution is -2.30. The van der Waals surface area contributed by atoms with Crippen molar-refractivity contribution in [2.24, 2.45) is 11.5 Å². The molecule has 2 aromatic rings. The van der Waals surface area contributed by atoms with Crippen molar-refractivity contribution in [1.29, 1.82) is 0 Å². The Morgan fingerprint density at radius 1 is 1.12 bits per heavy atom. The van der Waals surface area contributed by atoms with Gasteiger partial charge in [0.25, 0.3) is 5.91 Å². The Kier molecular flexibility index (Phi) is 4.61. The van der Waals surface area contributed by atoms with Crippen LogP contribution >= 0.6 is 11.3 Å². The largest absolute Gasteiger partial charge is 0.366 e. The van der Waals surface area contributed by atoms with Gasteiger partial charge in [-0.1, -0.05) is 0 Å². The summed E-state index contributed by atoms with van der Waals surface area (Å²) in [6, 6.07) is 0.861. The summed E-state index contributed by atoms with van der Waals surface area (Å²) >= 11 is 1.20. The van der Waals surface area contributed by atoms with Gasteiger partial charge in [-0.05, 0) is 25.3 Å². The number of carbonyl (C=O) groups excluding carboxylic acids is 2. The molecule has 3 heterocycles. The molecule has 3 amide bonds. The molecule has 8 nitrogen and oxygen atoms in total. The van der Waals surface area contributed by atoms with E-state index < -0.39 is 11.9 Å². The number of nitrogens with two attached hydrogens (primary N) is 2. The van der Waals surface area contributed by atoms with E-state index in [0.29, 0.717) is 10.9 Å². The molecule has 1 aliphatic heterocycles. The second-order valence-electron chi connectivity index (χ2n) is 5.53. The van der Waals surface area contributed by atoms with Gasteiger partial charge >= 0.3 is 6.03 Å². The van der Waals surface area contributed by atoms with E-state index in [2.05, 4.69) is 20.2 Å². The smallest absolute Gasteiger partial charge is 0.317 e. The highest BCUT2D eigenvalue weighted by atomic mass is 32.1. The standard InChI is InChI=1S/C15H18N6O2S/c16-12(22)10-6-11(24-13(10)20-14(17)23)9-7-18-15(19-8-9)21-4-2-1-3-5-21/h6-8H,1-5H2,(H2,16,22)(H3,17,20,23). The predicted octanol–water partition coefficient (Wildman–Crippen LogP) is 1.78. The third kappa shape index (κ3) is 3.46. The van der Waals surface area contributed by atoms with Crippen LogP contribution in [-0.2, 0) is 0 Å². The molecular weight excluding hydrogens is 328 g/mol. The maximum absolute atomic E-state index is 11.5. The topological polar surface area (TPSA) is 127 Å². The van der Waals surface area contributed by atoms with Crippen LogP contribution in [0.5, 0.6) is 0 Å². The van der Waals surface area contributed by atoms with Crippen molar-refractivity contribution in [3.05, 3.63) is 24.0 Å². The van der Waals surface area contributed by atoms with E-state index in [1.165, 1.54) is 17.8 Å². The molecule has 9 heteroatoms. The number of anilines is 2. The van der Waals surface area contributed by atoms with Gasteiger partial charge in [-0.25, -0.2) is 14.8 Å². The number of nitrogens with zero attached hydrogens (tertiary/aromatic N) is 3. The molecule has 0 saturated carbocycles. The Labute approximate surface area is 142 Å². The summed E-state index contributed by atoms with van der Waals surface area (Å²) in [6.45, 7) is 1.94. The Balaban J connectivity index is 1.85. The monoisotopic (exact) mass is 346 g/mol. The first-order valence-electron chi connectivity index (χ1n) is 7.62. The van der Waals surface area contributed by atoms with E-state index in [9.17, 15) is 9.59 Å². The van der Waals surface area contributed by atoms with Crippen molar-refractivity contribution < 1.29 is 9.59 Å². The van der Waals surface area contributed by atoms with Crippen molar-refractivity contribution in [2.75, 3.05) is 23.3 Å². The van der Waals surface area contributed by atoms with Gasteiger partial charge in [-0.3, -0.25) is 10.1 Å². The molecule has 5 N–H and O–H groups in total. The van der Waals surface area contributed by atoms with Crippen molar-refractivity contribution >= 4 is 34.2 Å². The molecule has 1 fully saturated rings. The number of piperidine rings is 1. The number of carbonyl (C=O) groups is 2. The fourth-order valence-electron chi connectivity index (χ4n) is 2.63. The van der Waals surface area contributed by atoms with E-state index in [-0.39, 0.29) is 5.56 Å². The highest BCUT2D eigenvalue weighted by molar-refractivity contribution is 7.20. The molecule has 3 rings (SSSR count). The SMILES string of the molecule is NC(=O)Nc1sc(-c2cnc(N3CCCCC3)nc2)cc1C(N)=O. The van der Waals surface area contributed by atoms with E-state index in [1.54, 1.807) is 18.5 Å². The van der Waals surface area contributed by atoms with Gasteiger partial charge < -0.3 is 16.4 Å². The van der Waals surface area contributed by atoms with Gasteiger partial charge in [0.1, 0.15) is 5.00 Å². The number of thiophene rings is 1. The number of hydrogen-bond acceptors (Lipinski definition) is 6. The zero-order chi connectivity index (χ0) is 17.1. The minimum absolute atomic E-state index is 0.217. The number of urea groups is 1. The van der Waals surface area contributed by atoms with Gasteiger partial charge in [0.2, 0.25) is 5.95 Å². The van der Waals surface area contributed by atoms with Crippen LogP contribution in [0.1, 0.15) is 29.6 Å². The number of rotatable bonds is 4. The lowest BCUT2D eigenvalue weighted by molar-refractivity contribution is 0.100. The predicted molar refractivity (Wildman–Crippen MR) is 93.1 cm³/mol. The Morgan fingerprint density at radius 3 is 2.38 bits per heavy atom. The summed E-state index contributed by atoms with van der Waals surface area (Å²) in [4.78, 5) is 34.3. The molecule has 0 spiro atoms. The second kappa shape index (κ2) is 6.83. The molecule has 0 unspecified atom stereocenters. The van der Waals surface area contributed by atoms with Gasteiger partial charge in [0, 0.05) is 35.9 Å². The van der Waals surface area contributed by atoms with Gasteiger partial charge in [-0.15, -0.1) is 11.3 Å². The zero-order valence-corrected chi connectivity index (χ0v) is 13.8. The first kappa shape index (κ1) is 16.2. The fourth-order valence-corrected chi connectivity index (χ4v) is 3.67. The van der Waals surface area contributed by atoms with Crippen LogP contribution in [0.4, 0.5) is 15.7 Å². The summed E-state index contributed by atoms with van der Waals surface area (Å²) in [5, 5.41) is 2.74. The maximum atomic E-state index is 11.5. The number of amides is 3. The summed E-state index contributed by atoms with van der Waals surface area (Å²) in [5.41, 5.74) is 11.4. The van der Waals surface area contributed by atoms with Gasteiger partial charge in [0.15, 0.2) is 0 Å². The molecule has 0 atom stereocenters.